The van der Waals surface area contributed by atoms with E-state index in [9.17, 15) is 19.5 Å². The lowest BCUT2D eigenvalue weighted by atomic mass is 10.0. The SMILES string of the molecule is CC(=O)O[C@@H]1CC(=O)O[C@@H]2C[C@@H](CC/C(Cl)=C\C/C=C\1C)O[C@@H]2[C@H](O)/C=C(\C)CC(=O)O. The van der Waals surface area contributed by atoms with Crippen LogP contribution in [0.15, 0.2) is 34.4 Å². The Morgan fingerprint density at radius 1 is 1.34 bits per heavy atom. The summed E-state index contributed by atoms with van der Waals surface area (Å²) in [6, 6.07) is 0. The van der Waals surface area contributed by atoms with E-state index in [1.165, 1.54) is 13.0 Å². The number of esters is 2. The normalized spacial score (nSPS) is 31.9. The van der Waals surface area contributed by atoms with Crippen molar-refractivity contribution in [2.45, 2.75) is 89.8 Å². The van der Waals surface area contributed by atoms with Gasteiger partial charge in [0.25, 0.3) is 0 Å². The summed E-state index contributed by atoms with van der Waals surface area (Å²) in [5.41, 5.74) is 1.17. The van der Waals surface area contributed by atoms with Crippen LogP contribution in [0.25, 0.3) is 0 Å². The minimum absolute atomic E-state index is 0.169. The Morgan fingerprint density at radius 2 is 2.06 bits per heavy atom. The van der Waals surface area contributed by atoms with E-state index in [2.05, 4.69) is 0 Å². The molecule has 0 spiro atoms. The molecular formula is C23H31ClO8. The first-order chi connectivity index (χ1) is 15.0. The van der Waals surface area contributed by atoms with Crippen LogP contribution in [0.2, 0.25) is 0 Å². The van der Waals surface area contributed by atoms with Crippen molar-refractivity contribution in [2.24, 2.45) is 0 Å². The van der Waals surface area contributed by atoms with Crippen molar-refractivity contribution in [1.82, 2.24) is 0 Å². The van der Waals surface area contributed by atoms with Crippen LogP contribution in [0.1, 0.15) is 59.3 Å². The summed E-state index contributed by atoms with van der Waals surface area (Å²) in [5, 5.41) is 20.3. The summed E-state index contributed by atoms with van der Waals surface area (Å²) in [6.45, 7) is 4.64. The zero-order valence-corrected chi connectivity index (χ0v) is 19.3. The number of aliphatic hydroxyl groups is 1. The van der Waals surface area contributed by atoms with Gasteiger partial charge in [-0.05, 0) is 38.7 Å². The van der Waals surface area contributed by atoms with E-state index in [1.54, 1.807) is 13.8 Å². The maximum atomic E-state index is 12.7. The average Bonchev–Trinajstić information content (AvgIpc) is 3.06. The molecule has 2 aliphatic rings. The van der Waals surface area contributed by atoms with Gasteiger partial charge in [-0.1, -0.05) is 35.4 Å². The topological polar surface area (TPSA) is 119 Å². The number of allylic oxidation sites excluding steroid dienone is 3. The van der Waals surface area contributed by atoms with Crippen molar-refractivity contribution in [3.63, 3.8) is 0 Å². The molecule has 2 aliphatic heterocycles. The van der Waals surface area contributed by atoms with Gasteiger partial charge in [0, 0.05) is 18.4 Å². The molecule has 0 aromatic heterocycles. The van der Waals surface area contributed by atoms with Crippen molar-refractivity contribution in [2.75, 3.05) is 0 Å². The number of carbonyl (C=O) groups is 3. The Balaban J connectivity index is 2.25. The highest BCUT2D eigenvalue weighted by molar-refractivity contribution is 6.29. The summed E-state index contributed by atoms with van der Waals surface area (Å²) in [7, 11) is 0. The number of carboxylic acids is 1. The van der Waals surface area contributed by atoms with Crippen LogP contribution >= 0.6 is 11.6 Å². The van der Waals surface area contributed by atoms with E-state index in [4.69, 9.17) is 30.9 Å². The Morgan fingerprint density at radius 3 is 2.72 bits per heavy atom. The van der Waals surface area contributed by atoms with Crippen LogP contribution in [0, 0.1) is 0 Å². The van der Waals surface area contributed by atoms with Gasteiger partial charge < -0.3 is 24.4 Å². The fourth-order valence-electron chi connectivity index (χ4n) is 3.81. The predicted octanol–water partition coefficient (Wildman–Crippen LogP) is 3.41. The number of hydrogen-bond acceptors (Lipinski definition) is 7. The lowest BCUT2D eigenvalue weighted by molar-refractivity contribution is -0.159. The van der Waals surface area contributed by atoms with Crippen LogP contribution in [-0.4, -0.2) is 58.6 Å². The van der Waals surface area contributed by atoms with E-state index >= 15 is 0 Å². The van der Waals surface area contributed by atoms with Crippen molar-refractivity contribution < 1.29 is 38.8 Å². The summed E-state index contributed by atoms with van der Waals surface area (Å²) in [6.07, 6.45) is 3.01. The number of hydrogen-bond donors (Lipinski definition) is 2. The Kier molecular flexibility index (Phi) is 9.93. The molecule has 32 heavy (non-hydrogen) atoms. The lowest BCUT2D eigenvalue weighted by Gasteiger charge is -2.24. The Bertz CT molecular complexity index is 800. The van der Waals surface area contributed by atoms with Gasteiger partial charge >= 0.3 is 17.9 Å². The van der Waals surface area contributed by atoms with Crippen LogP contribution in [0.5, 0.6) is 0 Å². The van der Waals surface area contributed by atoms with Crippen molar-refractivity contribution in [1.29, 1.82) is 0 Å². The quantitative estimate of drug-likeness (QED) is 0.463. The van der Waals surface area contributed by atoms with Gasteiger partial charge in [-0.25, -0.2) is 0 Å². The van der Waals surface area contributed by atoms with Gasteiger partial charge in [0.15, 0.2) is 0 Å². The third-order valence-electron chi connectivity index (χ3n) is 5.37. The number of aliphatic carboxylic acids is 1. The maximum Gasteiger partial charge on any atom is 0.310 e. The highest BCUT2D eigenvalue weighted by atomic mass is 35.5. The zero-order chi connectivity index (χ0) is 23.8. The summed E-state index contributed by atoms with van der Waals surface area (Å²) < 4.78 is 16.9. The number of rotatable bonds is 5. The minimum atomic E-state index is -1.15. The van der Waals surface area contributed by atoms with E-state index in [0.29, 0.717) is 41.9 Å². The minimum Gasteiger partial charge on any atom is -0.481 e. The molecule has 8 nitrogen and oxygen atoms in total. The molecule has 2 heterocycles. The number of ether oxygens (including phenoxy) is 3. The average molecular weight is 471 g/mol. The molecule has 0 saturated carbocycles. The van der Waals surface area contributed by atoms with Crippen molar-refractivity contribution in [3.05, 3.63) is 34.4 Å². The van der Waals surface area contributed by atoms with Crippen LogP contribution in [-0.2, 0) is 28.6 Å². The Labute approximate surface area is 192 Å². The van der Waals surface area contributed by atoms with Gasteiger partial charge in [0.1, 0.15) is 24.4 Å². The maximum absolute atomic E-state index is 12.7. The molecular weight excluding hydrogens is 440 g/mol. The fraction of sp³-hybridized carbons (Fsp3) is 0.609. The first kappa shape index (κ1) is 26.1. The molecule has 0 radical (unpaired) electrons. The largest absolute Gasteiger partial charge is 0.481 e. The highest BCUT2D eigenvalue weighted by Gasteiger charge is 2.41. The van der Waals surface area contributed by atoms with E-state index < -0.39 is 42.3 Å². The van der Waals surface area contributed by atoms with Crippen LogP contribution in [0.4, 0.5) is 0 Å². The molecule has 5 atom stereocenters. The predicted molar refractivity (Wildman–Crippen MR) is 117 cm³/mol. The second-order valence-corrected chi connectivity index (χ2v) is 8.72. The number of aliphatic hydroxyl groups excluding tert-OH is 1. The Hall–Kier alpha value is -2.16. The smallest absolute Gasteiger partial charge is 0.310 e. The molecule has 0 amide bonds. The van der Waals surface area contributed by atoms with Crippen LogP contribution in [0.3, 0.4) is 0 Å². The number of fused-ring (bicyclic) bond motifs is 2. The second kappa shape index (κ2) is 12.2. The second-order valence-electron chi connectivity index (χ2n) is 8.24. The monoisotopic (exact) mass is 470 g/mol. The highest BCUT2D eigenvalue weighted by Crippen LogP contribution is 2.31. The molecule has 0 unspecified atom stereocenters. The van der Waals surface area contributed by atoms with Gasteiger partial charge in [0.2, 0.25) is 0 Å². The third-order valence-corrected chi connectivity index (χ3v) is 5.71. The molecule has 1 fully saturated rings. The summed E-state index contributed by atoms with van der Waals surface area (Å²) in [4.78, 5) is 35.1. The molecule has 2 rings (SSSR count). The molecule has 178 valence electrons. The van der Waals surface area contributed by atoms with Crippen molar-refractivity contribution >= 4 is 29.5 Å². The summed E-state index contributed by atoms with van der Waals surface area (Å²) in [5.74, 6) is -2.10. The van der Waals surface area contributed by atoms with E-state index in [1.807, 2.05) is 12.2 Å². The number of carboxylic acid groups (broad SMARTS) is 1. The molecule has 9 heteroatoms. The van der Waals surface area contributed by atoms with Gasteiger partial charge in [-0.15, -0.1) is 0 Å². The molecule has 0 aliphatic carbocycles. The zero-order valence-electron chi connectivity index (χ0n) is 18.6. The molecule has 2 bridgehead atoms. The van der Waals surface area contributed by atoms with Gasteiger partial charge in [-0.2, -0.15) is 0 Å². The van der Waals surface area contributed by atoms with E-state index in [-0.39, 0.29) is 18.9 Å². The van der Waals surface area contributed by atoms with Gasteiger partial charge in [0.05, 0.1) is 18.9 Å². The number of halogens is 1. The number of carbonyl (C=O) groups excluding carboxylic acids is 2. The third kappa shape index (κ3) is 8.41. The fourth-order valence-corrected chi connectivity index (χ4v) is 4.01. The first-order valence-electron chi connectivity index (χ1n) is 10.7. The molecule has 2 N–H and O–H groups in total. The molecule has 1 saturated heterocycles. The molecule has 0 aromatic carbocycles. The van der Waals surface area contributed by atoms with Crippen LogP contribution < -0.4 is 0 Å². The lowest BCUT2D eigenvalue weighted by Crippen LogP contribution is -2.37. The van der Waals surface area contributed by atoms with Gasteiger partial charge in [-0.3, -0.25) is 14.4 Å². The van der Waals surface area contributed by atoms with E-state index in [0.717, 1.165) is 0 Å². The first-order valence-corrected chi connectivity index (χ1v) is 11.0. The van der Waals surface area contributed by atoms with Crippen molar-refractivity contribution in [3.8, 4) is 0 Å². The summed E-state index contributed by atoms with van der Waals surface area (Å²) >= 11 is 6.32. The molecule has 0 aromatic rings. The standard InChI is InChI=1S/C23H31ClO8/c1-13(10-21(27)28)9-18(26)23-20-11-17(31-23)8-7-16(24)6-4-5-14(2)19(30-15(3)25)12-22(29)32-20/h5-6,9,17-20,23,26H,4,7-8,10-12H2,1-3H3,(H,27,28)/b13-9+,14-5-,16-6+/t17-,18-,19-,20-,23-/m1/s1.